The van der Waals surface area contributed by atoms with E-state index < -0.39 is 17.7 Å². The average Bonchev–Trinajstić information content (AvgIpc) is 2.23. The monoisotopic (exact) mass is 330 g/mol. The molecule has 5 nitrogen and oxygen atoms in total. The Hall–Kier alpha value is -1.27. The van der Waals surface area contributed by atoms with Crippen molar-refractivity contribution in [3.05, 3.63) is 28.2 Å². The van der Waals surface area contributed by atoms with E-state index in [2.05, 4.69) is 21.2 Å². The number of hydrogen-bond acceptors (Lipinski definition) is 4. The molecule has 0 bridgehead atoms. The van der Waals surface area contributed by atoms with E-state index in [0.717, 1.165) is 4.47 Å². The van der Waals surface area contributed by atoms with Crippen molar-refractivity contribution >= 4 is 22.0 Å². The minimum Gasteiger partial charge on any atom is -0.508 e. The molecular weight excluding hydrogens is 312 g/mol. The maximum atomic E-state index is 11.5. The second-order valence-corrected chi connectivity index (χ2v) is 6.11. The van der Waals surface area contributed by atoms with Gasteiger partial charge in [0.1, 0.15) is 11.4 Å². The molecule has 0 aliphatic rings. The molecule has 0 saturated carbocycles. The zero-order valence-corrected chi connectivity index (χ0v) is 12.8. The summed E-state index contributed by atoms with van der Waals surface area (Å²) in [5.41, 5.74) is 5.93. The van der Waals surface area contributed by atoms with Crippen LogP contribution in [0.15, 0.2) is 22.7 Å². The maximum absolute atomic E-state index is 11.5. The van der Waals surface area contributed by atoms with Crippen LogP contribution in [0, 0.1) is 0 Å². The van der Waals surface area contributed by atoms with E-state index in [1.807, 2.05) is 0 Å². The van der Waals surface area contributed by atoms with Gasteiger partial charge in [0.05, 0.1) is 6.04 Å². The molecule has 106 valence electrons. The molecule has 0 spiro atoms. The Morgan fingerprint density at radius 1 is 1.53 bits per heavy atom. The summed E-state index contributed by atoms with van der Waals surface area (Å²) in [5.74, 6) is 0.0906. The van der Waals surface area contributed by atoms with E-state index in [4.69, 9.17) is 10.5 Å². The van der Waals surface area contributed by atoms with Crippen LogP contribution < -0.4 is 11.1 Å². The van der Waals surface area contributed by atoms with Gasteiger partial charge >= 0.3 is 6.09 Å². The van der Waals surface area contributed by atoms with E-state index in [9.17, 15) is 9.90 Å². The number of hydrogen-bond donors (Lipinski definition) is 3. The number of nitrogens with two attached hydrogens (primary N) is 1. The topological polar surface area (TPSA) is 84.6 Å². The maximum Gasteiger partial charge on any atom is 0.407 e. The molecule has 1 atom stereocenters. The molecule has 1 amide bonds. The van der Waals surface area contributed by atoms with Crippen molar-refractivity contribution in [2.24, 2.45) is 5.73 Å². The van der Waals surface area contributed by atoms with Crippen LogP contribution in [0.1, 0.15) is 32.4 Å². The number of rotatable bonds is 3. The zero-order valence-electron chi connectivity index (χ0n) is 11.2. The fourth-order valence-electron chi connectivity index (χ4n) is 1.45. The smallest absolute Gasteiger partial charge is 0.407 e. The number of ether oxygens (including phenoxy) is 1. The van der Waals surface area contributed by atoms with Crippen LogP contribution in [-0.2, 0) is 4.74 Å². The van der Waals surface area contributed by atoms with Crippen molar-refractivity contribution in [2.45, 2.75) is 32.4 Å². The average molecular weight is 331 g/mol. The van der Waals surface area contributed by atoms with Gasteiger partial charge < -0.3 is 20.9 Å². The first kappa shape index (κ1) is 15.8. The molecule has 0 aliphatic carbocycles. The van der Waals surface area contributed by atoms with Crippen molar-refractivity contribution in [3.63, 3.8) is 0 Å². The van der Waals surface area contributed by atoms with Gasteiger partial charge in [0.25, 0.3) is 0 Å². The summed E-state index contributed by atoms with van der Waals surface area (Å²) >= 11 is 3.25. The molecule has 6 heteroatoms. The lowest BCUT2D eigenvalue weighted by molar-refractivity contribution is 0.0524. The van der Waals surface area contributed by atoms with Gasteiger partial charge in [0.2, 0.25) is 0 Å². The minimum atomic E-state index is -0.548. The molecule has 0 radical (unpaired) electrons. The summed E-state index contributed by atoms with van der Waals surface area (Å²) in [5, 5.41) is 12.3. The van der Waals surface area contributed by atoms with E-state index in [1.54, 1.807) is 39.0 Å². The molecule has 19 heavy (non-hydrogen) atoms. The lowest BCUT2D eigenvalue weighted by Gasteiger charge is -2.21. The largest absolute Gasteiger partial charge is 0.508 e. The van der Waals surface area contributed by atoms with E-state index >= 15 is 0 Å². The highest BCUT2D eigenvalue weighted by Gasteiger charge is 2.17. The fourth-order valence-corrected chi connectivity index (χ4v) is 1.80. The molecule has 1 aromatic rings. The van der Waals surface area contributed by atoms with Crippen molar-refractivity contribution < 1.29 is 14.6 Å². The predicted octanol–water partition coefficient (Wildman–Crippen LogP) is 2.68. The third-order valence-electron chi connectivity index (χ3n) is 2.26. The number of phenols is 1. The lowest BCUT2D eigenvalue weighted by Crippen LogP contribution is -2.36. The van der Waals surface area contributed by atoms with E-state index in [1.165, 1.54) is 0 Å². The van der Waals surface area contributed by atoms with Crippen LogP contribution in [0.2, 0.25) is 0 Å². The number of alkyl carbamates (subject to hydrolysis) is 1. The number of aromatic hydroxyl groups is 1. The molecule has 1 unspecified atom stereocenters. The lowest BCUT2D eigenvalue weighted by atomic mass is 10.1. The first-order chi connectivity index (χ1) is 8.69. The molecule has 0 heterocycles. The van der Waals surface area contributed by atoms with E-state index in [0.29, 0.717) is 5.56 Å². The highest BCUT2D eigenvalue weighted by molar-refractivity contribution is 9.10. The minimum absolute atomic E-state index is 0.0906. The van der Waals surface area contributed by atoms with Gasteiger partial charge in [-0.2, -0.15) is 0 Å². The summed E-state index contributed by atoms with van der Waals surface area (Å²) in [6.07, 6.45) is -0.528. The number of amides is 1. The fraction of sp³-hybridized carbons (Fsp3) is 0.462. The van der Waals surface area contributed by atoms with E-state index in [-0.39, 0.29) is 12.3 Å². The quantitative estimate of drug-likeness (QED) is 0.795. The molecule has 1 aromatic carbocycles. The molecule has 0 fully saturated rings. The molecule has 4 N–H and O–H groups in total. The van der Waals surface area contributed by atoms with Gasteiger partial charge in [-0.3, -0.25) is 0 Å². The highest BCUT2D eigenvalue weighted by atomic mass is 79.9. The number of carbonyl (C=O) groups excluding carboxylic acids is 1. The summed E-state index contributed by atoms with van der Waals surface area (Å²) in [7, 11) is 0. The summed E-state index contributed by atoms with van der Waals surface area (Å²) in [6.45, 7) is 5.54. The molecule has 0 saturated heterocycles. The SMILES string of the molecule is CC(C)(C)OC(=O)NCC(N)c1ccc(Br)cc1O. The van der Waals surface area contributed by atoms with Crippen molar-refractivity contribution in [2.75, 3.05) is 6.54 Å². The van der Waals surface area contributed by atoms with Gasteiger partial charge in [0, 0.05) is 16.6 Å². The van der Waals surface area contributed by atoms with Crippen LogP contribution in [0.5, 0.6) is 5.75 Å². The molecular formula is C13H19BrN2O3. The Labute approximate surface area is 121 Å². The summed E-state index contributed by atoms with van der Waals surface area (Å²) in [6, 6.07) is 4.55. The standard InChI is InChI=1S/C13H19BrN2O3/c1-13(2,3)19-12(18)16-7-10(15)9-5-4-8(14)6-11(9)17/h4-6,10,17H,7,15H2,1-3H3,(H,16,18). The Bertz CT molecular complexity index is 458. The summed E-state index contributed by atoms with van der Waals surface area (Å²) in [4.78, 5) is 11.5. The van der Waals surface area contributed by atoms with Crippen LogP contribution in [0.25, 0.3) is 0 Å². The van der Waals surface area contributed by atoms with Gasteiger partial charge in [-0.15, -0.1) is 0 Å². The van der Waals surface area contributed by atoms with Gasteiger partial charge in [-0.25, -0.2) is 4.79 Å². The van der Waals surface area contributed by atoms with Crippen LogP contribution in [0.4, 0.5) is 4.79 Å². The normalized spacial score (nSPS) is 12.9. The van der Waals surface area contributed by atoms with Gasteiger partial charge in [-0.05, 0) is 32.9 Å². The second kappa shape index (κ2) is 6.25. The number of nitrogens with one attached hydrogen (secondary N) is 1. The first-order valence-electron chi connectivity index (χ1n) is 5.90. The van der Waals surface area contributed by atoms with Crippen LogP contribution >= 0.6 is 15.9 Å². The molecule has 0 aromatic heterocycles. The number of carbonyl (C=O) groups is 1. The number of phenolic OH excluding ortho intramolecular Hbond substituents is 1. The Balaban J connectivity index is 2.56. The molecule has 0 aliphatic heterocycles. The van der Waals surface area contributed by atoms with Gasteiger partial charge in [-0.1, -0.05) is 22.0 Å². The third kappa shape index (κ3) is 5.48. The summed E-state index contributed by atoms with van der Waals surface area (Å²) < 4.78 is 5.86. The Morgan fingerprint density at radius 3 is 2.68 bits per heavy atom. The predicted molar refractivity (Wildman–Crippen MR) is 77.0 cm³/mol. The van der Waals surface area contributed by atoms with Gasteiger partial charge in [0.15, 0.2) is 0 Å². The third-order valence-corrected chi connectivity index (χ3v) is 2.75. The van der Waals surface area contributed by atoms with Crippen molar-refractivity contribution in [3.8, 4) is 5.75 Å². The second-order valence-electron chi connectivity index (χ2n) is 5.19. The van der Waals surface area contributed by atoms with Crippen molar-refractivity contribution in [1.82, 2.24) is 5.32 Å². The molecule has 1 rings (SSSR count). The van der Waals surface area contributed by atoms with Crippen LogP contribution in [0.3, 0.4) is 0 Å². The highest BCUT2D eigenvalue weighted by Crippen LogP contribution is 2.26. The Kier molecular flexibility index (Phi) is 5.20. The zero-order chi connectivity index (χ0) is 14.6. The number of halogens is 1. The Morgan fingerprint density at radius 2 is 2.16 bits per heavy atom. The first-order valence-corrected chi connectivity index (χ1v) is 6.69. The van der Waals surface area contributed by atoms with Crippen LogP contribution in [-0.4, -0.2) is 23.3 Å². The van der Waals surface area contributed by atoms with Crippen molar-refractivity contribution in [1.29, 1.82) is 0 Å². The number of benzene rings is 1.